The molecular formula is C15H21N3O2. The molecule has 0 spiro atoms. The van der Waals surface area contributed by atoms with Crippen molar-refractivity contribution in [2.45, 2.75) is 26.5 Å². The number of aryl methyl sites for hydroxylation is 2. The first-order valence-corrected chi connectivity index (χ1v) is 6.71. The van der Waals surface area contributed by atoms with Crippen LogP contribution >= 0.6 is 0 Å². The fourth-order valence-corrected chi connectivity index (χ4v) is 2.09. The van der Waals surface area contributed by atoms with E-state index in [1.807, 2.05) is 42.8 Å². The summed E-state index contributed by atoms with van der Waals surface area (Å²) in [6, 6.07) is 10.0. The van der Waals surface area contributed by atoms with Crippen molar-refractivity contribution in [1.82, 2.24) is 9.78 Å². The normalized spacial score (nSPS) is 12.4. The Morgan fingerprint density at radius 3 is 2.75 bits per heavy atom. The van der Waals surface area contributed by atoms with Crippen LogP contribution in [0.2, 0.25) is 0 Å². The number of rotatable bonds is 6. The van der Waals surface area contributed by atoms with E-state index in [1.165, 1.54) is 0 Å². The molecule has 2 rings (SSSR count). The van der Waals surface area contributed by atoms with Gasteiger partial charge in [-0.2, -0.15) is 5.10 Å². The van der Waals surface area contributed by atoms with Gasteiger partial charge in [-0.25, -0.2) is 0 Å². The molecule has 0 bridgehead atoms. The minimum Gasteiger partial charge on any atom is -0.394 e. The van der Waals surface area contributed by atoms with Crippen LogP contribution in [0.4, 0.5) is 5.69 Å². The molecule has 2 aromatic rings. The van der Waals surface area contributed by atoms with E-state index in [-0.39, 0.29) is 6.61 Å². The molecule has 0 amide bonds. The summed E-state index contributed by atoms with van der Waals surface area (Å²) < 4.78 is 1.97. The van der Waals surface area contributed by atoms with Gasteiger partial charge in [0.15, 0.2) is 0 Å². The summed E-state index contributed by atoms with van der Waals surface area (Å²) >= 11 is 0. The highest BCUT2D eigenvalue weighted by atomic mass is 16.3. The summed E-state index contributed by atoms with van der Waals surface area (Å²) in [6.07, 6.45) is -0.741. The number of benzene rings is 1. The SMILES string of the molecule is Cc1cc(C)n(Cc2cccc(NCC(O)CO)c2)n1. The monoisotopic (exact) mass is 275 g/mol. The summed E-state index contributed by atoms with van der Waals surface area (Å²) in [5.74, 6) is 0. The average Bonchev–Trinajstić information content (AvgIpc) is 2.74. The first-order valence-electron chi connectivity index (χ1n) is 6.71. The molecule has 0 saturated heterocycles. The number of anilines is 1. The molecule has 1 unspecified atom stereocenters. The Bertz CT molecular complexity index is 566. The summed E-state index contributed by atoms with van der Waals surface area (Å²) in [5.41, 5.74) is 4.22. The Hall–Kier alpha value is -1.85. The lowest BCUT2D eigenvalue weighted by molar-refractivity contribution is 0.105. The number of aliphatic hydroxyl groups is 2. The van der Waals surface area contributed by atoms with Crippen molar-refractivity contribution in [3.8, 4) is 0 Å². The van der Waals surface area contributed by atoms with Gasteiger partial charge in [0, 0.05) is 17.9 Å². The molecule has 5 heteroatoms. The van der Waals surface area contributed by atoms with Crippen LogP contribution < -0.4 is 5.32 Å². The zero-order valence-electron chi connectivity index (χ0n) is 11.9. The van der Waals surface area contributed by atoms with Gasteiger partial charge < -0.3 is 15.5 Å². The Kier molecular flexibility index (Phi) is 4.76. The molecule has 1 atom stereocenters. The predicted octanol–water partition coefficient (Wildman–Crippen LogP) is 1.31. The van der Waals surface area contributed by atoms with Gasteiger partial charge in [-0.1, -0.05) is 12.1 Å². The fraction of sp³-hybridized carbons (Fsp3) is 0.400. The van der Waals surface area contributed by atoms with Gasteiger partial charge in [-0.05, 0) is 37.6 Å². The molecule has 1 aromatic heterocycles. The smallest absolute Gasteiger partial charge is 0.0942 e. The molecule has 20 heavy (non-hydrogen) atoms. The number of hydrogen-bond acceptors (Lipinski definition) is 4. The quantitative estimate of drug-likeness (QED) is 0.743. The lowest BCUT2D eigenvalue weighted by Crippen LogP contribution is -2.22. The van der Waals surface area contributed by atoms with Crippen molar-refractivity contribution in [1.29, 1.82) is 0 Å². The van der Waals surface area contributed by atoms with Gasteiger partial charge in [0.25, 0.3) is 0 Å². The first kappa shape index (κ1) is 14.6. The summed E-state index contributed by atoms with van der Waals surface area (Å²) in [7, 11) is 0. The second-order valence-corrected chi connectivity index (χ2v) is 5.00. The van der Waals surface area contributed by atoms with Crippen molar-refractivity contribution >= 4 is 5.69 Å². The van der Waals surface area contributed by atoms with E-state index in [0.717, 1.165) is 29.2 Å². The van der Waals surface area contributed by atoms with E-state index in [9.17, 15) is 5.11 Å². The largest absolute Gasteiger partial charge is 0.394 e. The number of nitrogens with one attached hydrogen (secondary N) is 1. The molecule has 108 valence electrons. The van der Waals surface area contributed by atoms with Gasteiger partial charge in [-0.15, -0.1) is 0 Å². The topological polar surface area (TPSA) is 70.3 Å². The maximum absolute atomic E-state index is 9.34. The highest BCUT2D eigenvalue weighted by Gasteiger charge is 2.04. The maximum atomic E-state index is 9.34. The van der Waals surface area contributed by atoms with Crippen LogP contribution in [0.15, 0.2) is 30.3 Å². The van der Waals surface area contributed by atoms with E-state index in [0.29, 0.717) is 6.54 Å². The maximum Gasteiger partial charge on any atom is 0.0942 e. The van der Waals surface area contributed by atoms with Crippen LogP contribution in [0.25, 0.3) is 0 Å². The lowest BCUT2D eigenvalue weighted by atomic mass is 10.2. The van der Waals surface area contributed by atoms with Crippen molar-refractivity contribution in [2.75, 3.05) is 18.5 Å². The molecule has 3 N–H and O–H groups in total. The minimum atomic E-state index is -0.741. The molecule has 0 fully saturated rings. The van der Waals surface area contributed by atoms with Gasteiger partial charge >= 0.3 is 0 Å². The van der Waals surface area contributed by atoms with E-state index in [1.54, 1.807) is 0 Å². The van der Waals surface area contributed by atoms with E-state index >= 15 is 0 Å². The van der Waals surface area contributed by atoms with Gasteiger partial charge in [0.1, 0.15) is 0 Å². The Balaban J connectivity index is 2.04. The van der Waals surface area contributed by atoms with Crippen LogP contribution in [-0.4, -0.2) is 39.2 Å². The second kappa shape index (κ2) is 6.54. The third kappa shape index (κ3) is 3.82. The molecule has 0 saturated carbocycles. The van der Waals surface area contributed by atoms with Crippen LogP contribution in [0.1, 0.15) is 17.0 Å². The van der Waals surface area contributed by atoms with Crippen molar-refractivity contribution in [3.63, 3.8) is 0 Å². The molecule has 5 nitrogen and oxygen atoms in total. The van der Waals surface area contributed by atoms with Crippen molar-refractivity contribution in [2.24, 2.45) is 0 Å². The van der Waals surface area contributed by atoms with Crippen LogP contribution in [0.5, 0.6) is 0 Å². The predicted molar refractivity (Wildman–Crippen MR) is 78.8 cm³/mol. The lowest BCUT2D eigenvalue weighted by Gasteiger charge is -2.12. The fourth-order valence-electron chi connectivity index (χ4n) is 2.09. The Labute approximate surface area is 118 Å². The Morgan fingerprint density at radius 2 is 2.10 bits per heavy atom. The molecule has 0 aliphatic heterocycles. The van der Waals surface area contributed by atoms with Crippen LogP contribution in [0.3, 0.4) is 0 Å². The highest BCUT2D eigenvalue weighted by molar-refractivity contribution is 5.45. The first-order chi connectivity index (χ1) is 9.58. The zero-order valence-corrected chi connectivity index (χ0v) is 11.9. The third-order valence-electron chi connectivity index (χ3n) is 3.12. The number of aromatic nitrogens is 2. The van der Waals surface area contributed by atoms with Crippen LogP contribution in [-0.2, 0) is 6.54 Å². The third-order valence-corrected chi connectivity index (χ3v) is 3.12. The Morgan fingerprint density at radius 1 is 1.30 bits per heavy atom. The molecule has 1 heterocycles. The molecule has 1 aromatic carbocycles. The summed E-state index contributed by atoms with van der Waals surface area (Å²) in [4.78, 5) is 0. The minimum absolute atomic E-state index is 0.238. The zero-order chi connectivity index (χ0) is 14.5. The van der Waals surface area contributed by atoms with Gasteiger partial charge in [0.05, 0.1) is 24.9 Å². The van der Waals surface area contributed by atoms with Crippen molar-refractivity contribution < 1.29 is 10.2 Å². The number of aliphatic hydroxyl groups excluding tert-OH is 2. The molecular weight excluding hydrogens is 254 g/mol. The number of nitrogens with zero attached hydrogens (tertiary/aromatic N) is 2. The summed E-state index contributed by atoms with van der Waals surface area (Å²) in [6.45, 7) is 4.84. The average molecular weight is 275 g/mol. The molecule has 0 aliphatic rings. The highest BCUT2D eigenvalue weighted by Crippen LogP contribution is 2.13. The van der Waals surface area contributed by atoms with E-state index in [2.05, 4.69) is 16.5 Å². The number of hydrogen-bond donors (Lipinski definition) is 3. The van der Waals surface area contributed by atoms with E-state index < -0.39 is 6.10 Å². The van der Waals surface area contributed by atoms with Gasteiger partial charge in [-0.3, -0.25) is 4.68 Å². The van der Waals surface area contributed by atoms with Crippen molar-refractivity contribution in [3.05, 3.63) is 47.3 Å². The van der Waals surface area contributed by atoms with Gasteiger partial charge in [0.2, 0.25) is 0 Å². The standard InChI is InChI=1S/C15H21N3O2/c1-11-6-12(2)18(17-11)9-13-4-3-5-14(7-13)16-8-15(20)10-19/h3-7,15-16,19-20H,8-10H2,1-2H3. The molecule has 0 radical (unpaired) electrons. The van der Waals surface area contributed by atoms with Crippen LogP contribution in [0, 0.1) is 13.8 Å². The molecule has 0 aliphatic carbocycles. The van der Waals surface area contributed by atoms with E-state index in [4.69, 9.17) is 5.11 Å². The second-order valence-electron chi connectivity index (χ2n) is 5.00. The summed E-state index contributed by atoms with van der Waals surface area (Å²) in [5, 5.41) is 25.7.